The van der Waals surface area contributed by atoms with Crippen molar-refractivity contribution in [3.05, 3.63) is 0 Å². The number of rotatable bonds is 31. The molecule has 0 heterocycles. The van der Waals surface area contributed by atoms with Crippen molar-refractivity contribution in [2.24, 2.45) is 0 Å². The first-order chi connectivity index (χ1) is 19.0. The fourth-order valence-electron chi connectivity index (χ4n) is 4.86. The largest absolute Gasteiger partial charge is 0.323 e. The second-order valence-electron chi connectivity index (χ2n) is 11.5. The monoisotopic (exact) mass is 580 g/mol. The molecule has 0 unspecified atom stereocenters. The first-order valence-corrected chi connectivity index (χ1v) is 18.6. The zero-order chi connectivity index (χ0) is 29.1. The van der Waals surface area contributed by atoms with Gasteiger partial charge in [-0.1, -0.05) is 161 Å². The smallest absolute Gasteiger partial charge is 0.267 e. The highest BCUT2D eigenvalue weighted by Crippen LogP contribution is 2.15. The van der Waals surface area contributed by atoms with Gasteiger partial charge in [0.2, 0.25) is 0 Å². The van der Waals surface area contributed by atoms with Gasteiger partial charge in [-0.05, 0) is 33.4 Å². The Labute approximate surface area is 245 Å². The van der Waals surface area contributed by atoms with Gasteiger partial charge in [-0.3, -0.25) is 8.57 Å². The van der Waals surface area contributed by atoms with Crippen LogP contribution in [0.3, 0.4) is 0 Å². The summed E-state index contributed by atoms with van der Waals surface area (Å²) in [6, 6.07) is 0. The molecule has 0 aliphatic rings. The molecular formula is C33H70FNO3S. The van der Waals surface area contributed by atoms with E-state index < -0.39 is 10.1 Å². The van der Waals surface area contributed by atoms with Gasteiger partial charge in [0.05, 0.1) is 19.0 Å². The van der Waals surface area contributed by atoms with E-state index in [-0.39, 0.29) is 12.4 Å². The van der Waals surface area contributed by atoms with E-state index in [4.69, 9.17) is 4.18 Å². The quantitative estimate of drug-likeness (QED) is 0.0655. The van der Waals surface area contributed by atoms with E-state index >= 15 is 0 Å². The van der Waals surface area contributed by atoms with Gasteiger partial charge in [0, 0.05) is 0 Å². The van der Waals surface area contributed by atoms with Gasteiger partial charge in [0.25, 0.3) is 10.1 Å². The Kier molecular flexibility index (Phi) is 37.6. The Morgan fingerprint density at radius 1 is 0.487 bits per heavy atom. The summed E-state index contributed by atoms with van der Waals surface area (Å²) in [5.41, 5.74) is 0. The Morgan fingerprint density at radius 3 is 1.10 bits per heavy atom. The third kappa shape index (κ3) is 40.0. The molecule has 0 amide bonds. The maximum absolute atomic E-state index is 12.0. The van der Waals surface area contributed by atoms with Crippen LogP contribution in [-0.2, 0) is 14.3 Å². The summed E-state index contributed by atoms with van der Waals surface area (Å²) in [6.07, 6.45) is 33.0. The molecule has 0 aliphatic carbocycles. The Hall–Kier alpha value is -0.200. The third-order valence-corrected chi connectivity index (χ3v) is 8.60. The summed E-state index contributed by atoms with van der Waals surface area (Å²) in [4.78, 5) is 0. The van der Waals surface area contributed by atoms with E-state index in [0.717, 1.165) is 44.9 Å². The van der Waals surface area contributed by atoms with E-state index in [1.807, 2.05) is 14.1 Å². The zero-order valence-electron chi connectivity index (χ0n) is 26.7. The lowest BCUT2D eigenvalue weighted by atomic mass is 10.0. The number of nitrogens with one attached hydrogen (secondary N) is 1. The van der Waals surface area contributed by atoms with Crippen molar-refractivity contribution in [1.29, 1.82) is 0 Å². The van der Waals surface area contributed by atoms with Gasteiger partial charge >= 0.3 is 0 Å². The molecule has 0 aromatic rings. The first-order valence-electron chi connectivity index (χ1n) is 17.1. The van der Waals surface area contributed by atoms with Crippen LogP contribution < -0.4 is 5.32 Å². The molecule has 0 fully saturated rings. The van der Waals surface area contributed by atoms with Gasteiger partial charge in [-0.2, -0.15) is 8.42 Å². The topological polar surface area (TPSA) is 55.4 Å². The average Bonchev–Trinajstić information content (AvgIpc) is 2.91. The van der Waals surface area contributed by atoms with Gasteiger partial charge in [-0.15, -0.1) is 0 Å². The molecule has 0 radical (unpaired) electrons. The average molecular weight is 580 g/mol. The van der Waals surface area contributed by atoms with Gasteiger partial charge in [0.15, 0.2) is 0 Å². The van der Waals surface area contributed by atoms with Crippen molar-refractivity contribution >= 4 is 10.1 Å². The highest BCUT2D eigenvalue weighted by atomic mass is 32.2. The molecule has 6 heteroatoms. The second-order valence-corrected chi connectivity index (χ2v) is 13.2. The van der Waals surface area contributed by atoms with E-state index in [9.17, 15) is 12.8 Å². The summed E-state index contributed by atoms with van der Waals surface area (Å²) >= 11 is 0. The molecule has 0 aliphatic heterocycles. The van der Waals surface area contributed by atoms with Crippen LogP contribution in [0.15, 0.2) is 0 Å². The van der Waals surface area contributed by atoms with Crippen LogP contribution in [0.5, 0.6) is 0 Å². The van der Waals surface area contributed by atoms with E-state index in [2.05, 4.69) is 12.2 Å². The molecule has 0 spiro atoms. The first kappa shape index (κ1) is 40.9. The lowest BCUT2D eigenvalue weighted by Crippen LogP contribution is -2.11. The molecule has 4 nitrogen and oxygen atoms in total. The molecule has 1 N–H and O–H groups in total. The van der Waals surface area contributed by atoms with Crippen molar-refractivity contribution in [2.75, 3.05) is 33.1 Å². The van der Waals surface area contributed by atoms with Crippen molar-refractivity contribution < 1.29 is 17.0 Å². The molecule has 0 aromatic heterocycles. The molecule has 0 bridgehead atoms. The molecule has 0 atom stereocenters. The summed E-state index contributed by atoms with van der Waals surface area (Å²) in [5, 5.41) is 2.75. The Bertz CT molecular complexity index is 531. The third-order valence-electron chi connectivity index (χ3n) is 7.29. The van der Waals surface area contributed by atoms with Crippen molar-refractivity contribution in [3.8, 4) is 0 Å². The highest BCUT2D eigenvalue weighted by molar-refractivity contribution is 7.86. The van der Waals surface area contributed by atoms with Gasteiger partial charge < -0.3 is 5.32 Å². The minimum atomic E-state index is -3.35. The molecule has 0 saturated carbocycles. The molecule has 39 heavy (non-hydrogen) atoms. The van der Waals surface area contributed by atoms with E-state index in [1.54, 1.807) is 0 Å². The molecular weight excluding hydrogens is 509 g/mol. The number of hydrogen-bond acceptors (Lipinski definition) is 4. The summed E-state index contributed by atoms with van der Waals surface area (Å²) in [7, 11) is 0.402. The highest BCUT2D eigenvalue weighted by Gasteiger charge is 2.10. The fraction of sp³-hybridized carbons (Fsp3) is 1.00. The maximum atomic E-state index is 12.0. The van der Waals surface area contributed by atoms with Crippen molar-refractivity contribution in [3.63, 3.8) is 0 Å². The molecule has 238 valence electrons. The summed E-state index contributed by atoms with van der Waals surface area (Å²) in [5.74, 6) is 0.155. The van der Waals surface area contributed by atoms with Crippen LogP contribution in [0.25, 0.3) is 0 Å². The fourth-order valence-corrected chi connectivity index (χ4v) is 5.91. The molecule has 0 aromatic carbocycles. The SMILES string of the molecule is CCCCCCCCCCCCCCCCCCCCOS(=O)(=O)CCCCCCCCCCCF.CNC. The summed E-state index contributed by atoms with van der Waals surface area (Å²) < 4.78 is 41.2. The normalized spacial score (nSPS) is 11.5. The van der Waals surface area contributed by atoms with Gasteiger partial charge in [-0.25, -0.2) is 0 Å². The lowest BCUT2D eigenvalue weighted by molar-refractivity contribution is 0.305. The molecule has 0 saturated heterocycles. The van der Waals surface area contributed by atoms with E-state index in [1.165, 1.54) is 116 Å². The van der Waals surface area contributed by atoms with Crippen LogP contribution >= 0.6 is 0 Å². The Morgan fingerprint density at radius 2 is 0.769 bits per heavy atom. The van der Waals surface area contributed by atoms with Crippen LogP contribution in [0, 0.1) is 0 Å². The molecule has 0 rings (SSSR count). The number of alkyl halides is 1. The maximum Gasteiger partial charge on any atom is 0.267 e. The standard InChI is InChI=1S/C31H63FO3S.C2H7N/c1-2-3-4-5-6-7-8-9-10-11-12-13-14-15-18-21-24-27-30-35-36(33,34)31-28-25-22-19-16-17-20-23-26-29-32;1-3-2/h2-31H2,1H3;3H,1-2H3. The number of unbranched alkanes of at least 4 members (excludes halogenated alkanes) is 25. The summed E-state index contributed by atoms with van der Waals surface area (Å²) in [6.45, 7) is 2.43. The number of halogens is 1. The Balaban J connectivity index is 0. The van der Waals surface area contributed by atoms with Crippen molar-refractivity contribution in [2.45, 2.75) is 180 Å². The second kappa shape index (κ2) is 35.8. The predicted molar refractivity (Wildman–Crippen MR) is 171 cm³/mol. The minimum Gasteiger partial charge on any atom is -0.323 e. The van der Waals surface area contributed by atoms with Gasteiger partial charge in [0.1, 0.15) is 0 Å². The lowest BCUT2D eigenvalue weighted by Gasteiger charge is -2.06. The zero-order valence-corrected chi connectivity index (χ0v) is 27.5. The van der Waals surface area contributed by atoms with Crippen LogP contribution in [0.4, 0.5) is 4.39 Å². The van der Waals surface area contributed by atoms with Crippen LogP contribution in [0.2, 0.25) is 0 Å². The van der Waals surface area contributed by atoms with E-state index in [0.29, 0.717) is 19.4 Å². The van der Waals surface area contributed by atoms with Crippen LogP contribution in [-0.4, -0.2) is 41.5 Å². The minimum absolute atomic E-state index is 0.155. The number of hydrogen-bond donors (Lipinski definition) is 1. The predicted octanol–water partition coefficient (Wildman–Crippen LogP) is 10.7. The van der Waals surface area contributed by atoms with Crippen LogP contribution in [0.1, 0.15) is 180 Å². The van der Waals surface area contributed by atoms with Crippen molar-refractivity contribution in [1.82, 2.24) is 5.32 Å².